The standard InChI is InChI=1S/C6H13F2NOS/c1-11-3-2-9-4-5(10)6(7)8/h5-6,9-10H,2-4H2,1H3. The highest BCUT2D eigenvalue weighted by molar-refractivity contribution is 7.98. The summed E-state index contributed by atoms with van der Waals surface area (Å²) in [6.07, 6.45) is -2.24. The minimum Gasteiger partial charge on any atom is -0.386 e. The molecule has 0 aliphatic rings. The second-order valence-corrected chi connectivity index (χ2v) is 3.08. The van der Waals surface area contributed by atoms with Gasteiger partial charge in [-0.15, -0.1) is 0 Å². The second-order valence-electron chi connectivity index (χ2n) is 2.10. The molecule has 0 amide bonds. The molecule has 0 heterocycles. The van der Waals surface area contributed by atoms with Crippen LogP contribution in [0.15, 0.2) is 0 Å². The number of hydrogen-bond donors (Lipinski definition) is 2. The van der Waals surface area contributed by atoms with Crippen molar-refractivity contribution in [3.05, 3.63) is 0 Å². The van der Waals surface area contributed by atoms with E-state index in [4.69, 9.17) is 5.11 Å². The molecule has 0 rings (SSSR count). The van der Waals surface area contributed by atoms with Crippen LogP contribution in [0.5, 0.6) is 0 Å². The zero-order chi connectivity index (χ0) is 8.69. The third kappa shape index (κ3) is 6.52. The van der Waals surface area contributed by atoms with E-state index in [0.717, 1.165) is 5.75 Å². The topological polar surface area (TPSA) is 32.3 Å². The van der Waals surface area contributed by atoms with E-state index in [1.807, 2.05) is 6.26 Å². The van der Waals surface area contributed by atoms with Crippen molar-refractivity contribution in [3.63, 3.8) is 0 Å². The maximum Gasteiger partial charge on any atom is 0.265 e. The van der Waals surface area contributed by atoms with E-state index in [1.54, 1.807) is 11.8 Å². The molecular weight excluding hydrogens is 172 g/mol. The lowest BCUT2D eigenvalue weighted by molar-refractivity contribution is -0.00291. The Morgan fingerprint density at radius 2 is 2.18 bits per heavy atom. The van der Waals surface area contributed by atoms with E-state index >= 15 is 0 Å². The molecule has 0 aliphatic carbocycles. The summed E-state index contributed by atoms with van der Waals surface area (Å²) in [7, 11) is 0. The Morgan fingerprint density at radius 3 is 2.64 bits per heavy atom. The molecule has 0 fully saturated rings. The Hall–Kier alpha value is 0.130. The average molecular weight is 185 g/mol. The van der Waals surface area contributed by atoms with Crippen LogP contribution in [-0.4, -0.2) is 42.7 Å². The molecule has 2 N–H and O–H groups in total. The molecule has 0 aromatic rings. The second kappa shape index (κ2) is 6.82. The van der Waals surface area contributed by atoms with Crippen molar-refractivity contribution < 1.29 is 13.9 Å². The van der Waals surface area contributed by atoms with Crippen LogP contribution in [-0.2, 0) is 0 Å². The van der Waals surface area contributed by atoms with Gasteiger partial charge < -0.3 is 10.4 Å². The number of aliphatic hydroxyl groups is 1. The van der Waals surface area contributed by atoms with E-state index in [0.29, 0.717) is 6.54 Å². The fraction of sp³-hybridized carbons (Fsp3) is 1.00. The summed E-state index contributed by atoms with van der Waals surface area (Å²) in [5.74, 6) is 0.871. The summed E-state index contributed by atoms with van der Waals surface area (Å²) >= 11 is 1.63. The summed E-state index contributed by atoms with van der Waals surface area (Å²) in [4.78, 5) is 0. The van der Waals surface area contributed by atoms with Gasteiger partial charge in [-0.1, -0.05) is 0 Å². The molecule has 0 spiro atoms. The molecule has 1 atom stereocenters. The van der Waals surface area contributed by atoms with Gasteiger partial charge in [0.2, 0.25) is 0 Å². The largest absolute Gasteiger partial charge is 0.386 e. The van der Waals surface area contributed by atoms with E-state index in [-0.39, 0.29) is 6.54 Å². The van der Waals surface area contributed by atoms with Crippen molar-refractivity contribution in [2.45, 2.75) is 12.5 Å². The van der Waals surface area contributed by atoms with Gasteiger partial charge >= 0.3 is 0 Å². The van der Waals surface area contributed by atoms with Crippen LogP contribution in [0.4, 0.5) is 8.78 Å². The maximum atomic E-state index is 11.6. The number of hydrogen-bond acceptors (Lipinski definition) is 3. The first-order valence-electron chi connectivity index (χ1n) is 3.34. The molecule has 2 nitrogen and oxygen atoms in total. The molecule has 0 aliphatic heterocycles. The lowest BCUT2D eigenvalue weighted by atomic mass is 10.4. The fourth-order valence-electron chi connectivity index (χ4n) is 0.513. The Labute approximate surface area is 69.4 Å². The first kappa shape index (κ1) is 11.1. The van der Waals surface area contributed by atoms with Gasteiger partial charge in [0.1, 0.15) is 6.10 Å². The summed E-state index contributed by atoms with van der Waals surface area (Å²) < 4.78 is 23.3. The molecule has 0 aromatic carbocycles. The Morgan fingerprint density at radius 1 is 1.55 bits per heavy atom. The highest BCUT2D eigenvalue weighted by atomic mass is 32.2. The third-order valence-corrected chi connectivity index (χ3v) is 1.74. The maximum absolute atomic E-state index is 11.6. The predicted octanol–water partition coefficient (Wildman–Crippen LogP) is 0.565. The summed E-state index contributed by atoms with van der Waals surface area (Å²) in [5, 5.41) is 11.3. The highest BCUT2D eigenvalue weighted by Gasteiger charge is 2.15. The van der Waals surface area contributed by atoms with Gasteiger partial charge in [0.25, 0.3) is 6.43 Å². The molecular formula is C6H13F2NOS. The number of rotatable bonds is 6. The zero-order valence-corrected chi connectivity index (χ0v) is 7.20. The van der Waals surface area contributed by atoms with Crippen molar-refractivity contribution in [1.82, 2.24) is 5.32 Å². The zero-order valence-electron chi connectivity index (χ0n) is 6.39. The van der Waals surface area contributed by atoms with Crippen molar-refractivity contribution in [2.75, 3.05) is 25.1 Å². The van der Waals surface area contributed by atoms with Crippen LogP contribution in [0.2, 0.25) is 0 Å². The van der Waals surface area contributed by atoms with Crippen LogP contribution < -0.4 is 5.32 Å². The molecule has 0 bridgehead atoms. The van der Waals surface area contributed by atoms with Crippen LogP contribution in [0, 0.1) is 0 Å². The van der Waals surface area contributed by atoms with Gasteiger partial charge in [-0.25, -0.2) is 8.78 Å². The monoisotopic (exact) mass is 185 g/mol. The first-order chi connectivity index (χ1) is 5.18. The van der Waals surface area contributed by atoms with Gasteiger partial charge in [0.05, 0.1) is 0 Å². The smallest absolute Gasteiger partial charge is 0.265 e. The van der Waals surface area contributed by atoms with Crippen LogP contribution in [0.3, 0.4) is 0 Å². The summed E-state index contributed by atoms with van der Waals surface area (Å²) in [5.41, 5.74) is 0. The molecule has 5 heteroatoms. The Kier molecular flexibility index (Phi) is 6.90. The van der Waals surface area contributed by atoms with Crippen molar-refractivity contribution in [1.29, 1.82) is 0 Å². The van der Waals surface area contributed by atoms with Crippen LogP contribution in [0.25, 0.3) is 0 Å². The van der Waals surface area contributed by atoms with Gasteiger partial charge in [-0.05, 0) is 6.26 Å². The number of halogens is 2. The number of aliphatic hydroxyl groups excluding tert-OH is 1. The van der Waals surface area contributed by atoms with E-state index < -0.39 is 12.5 Å². The molecule has 11 heavy (non-hydrogen) atoms. The van der Waals surface area contributed by atoms with E-state index in [2.05, 4.69) is 5.32 Å². The Balaban J connectivity index is 3.10. The first-order valence-corrected chi connectivity index (χ1v) is 4.73. The van der Waals surface area contributed by atoms with Crippen molar-refractivity contribution in [3.8, 4) is 0 Å². The Bertz CT molecular complexity index is 94.7. The van der Waals surface area contributed by atoms with Crippen LogP contribution in [0.1, 0.15) is 0 Å². The molecule has 68 valence electrons. The number of nitrogens with one attached hydrogen (secondary N) is 1. The molecule has 0 saturated carbocycles. The van der Waals surface area contributed by atoms with Crippen molar-refractivity contribution in [2.24, 2.45) is 0 Å². The summed E-state index contributed by atoms with van der Waals surface area (Å²) in [6.45, 7) is 0.628. The summed E-state index contributed by atoms with van der Waals surface area (Å²) in [6, 6.07) is 0. The lowest BCUT2D eigenvalue weighted by Gasteiger charge is -2.09. The van der Waals surface area contributed by atoms with E-state index in [9.17, 15) is 8.78 Å². The number of thioether (sulfide) groups is 1. The normalized spacial score (nSPS) is 13.9. The molecule has 0 saturated heterocycles. The van der Waals surface area contributed by atoms with Gasteiger partial charge in [0.15, 0.2) is 0 Å². The van der Waals surface area contributed by atoms with Gasteiger partial charge in [0, 0.05) is 18.8 Å². The highest BCUT2D eigenvalue weighted by Crippen LogP contribution is 1.98. The number of alkyl halides is 2. The van der Waals surface area contributed by atoms with Crippen LogP contribution >= 0.6 is 11.8 Å². The van der Waals surface area contributed by atoms with E-state index in [1.165, 1.54) is 0 Å². The minimum atomic E-state index is -2.64. The predicted molar refractivity (Wildman–Crippen MR) is 43.3 cm³/mol. The SMILES string of the molecule is CSCCNCC(O)C(F)F. The minimum absolute atomic E-state index is 0.0295. The average Bonchev–Trinajstić information content (AvgIpc) is 1.97. The van der Waals surface area contributed by atoms with Gasteiger partial charge in [-0.3, -0.25) is 0 Å². The lowest BCUT2D eigenvalue weighted by Crippen LogP contribution is -2.33. The molecule has 0 aromatic heterocycles. The third-order valence-electron chi connectivity index (χ3n) is 1.13. The molecule has 0 radical (unpaired) electrons. The van der Waals surface area contributed by atoms with Crippen molar-refractivity contribution >= 4 is 11.8 Å². The van der Waals surface area contributed by atoms with Gasteiger partial charge in [-0.2, -0.15) is 11.8 Å². The fourth-order valence-corrected chi connectivity index (χ4v) is 0.862. The molecule has 1 unspecified atom stereocenters. The quantitative estimate of drug-likeness (QED) is 0.593.